The predicted molar refractivity (Wildman–Crippen MR) is 78.5 cm³/mol. The van der Waals surface area contributed by atoms with Crippen molar-refractivity contribution >= 4 is 23.6 Å². The summed E-state index contributed by atoms with van der Waals surface area (Å²) in [6.45, 7) is 8.36. The second-order valence-corrected chi connectivity index (χ2v) is 6.90. The molecule has 20 heavy (non-hydrogen) atoms. The third-order valence-corrected chi connectivity index (χ3v) is 4.39. The van der Waals surface area contributed by atoms with Crippen molar-refractivity contribution in [1.82, 2.24) is 4.90 Å². The molecule has 2 aliphatic rings. The lowest BCUT2D eigenvalue weighted by Crippen LogP contribution is -2.27. The maximum atomic E-state index is 12.3. The van der Waals surface area contributed by atoms with E-state index in [-0.39, 0.29) is 17.5 Å². The van der Waals surface area contributed by atoms with Crippen LogP contribution in [0.25, 0.3) is 0 Å². The van der Waals surface area contributed by atoms with Crippen LogP contribution in [0.2, 0.25) is 0 Å². The van der Waals surface area contributed by atoms with Crippen molar-refractivity contribution in [2.45, 2.75) is 33.8 Å². The summed E-state index contributed by atoms with van der Waals surface area (Å²) in [4.78, 5) is 25.4. The van der Waals surface area contributed by atoms with Crippen LogP contribution < -0.4 is 5.73 Å². The Hall–Kier alpha value is -1.43. The summed E-state index contributed by atoms with van der Waals surface area (Å²) < 4.78 is 5.35. The number of amides is 1. The Morgan fingerprint density at radius 3 is 2.65 bits per heavy atom. The normalized spacial score (nSPS) is 22.6. The average Bonchev–Trinajstić information content (AvgIpc) is 2.72. The minimum atomic E-state index is -0.460. The molecule has 5 nitrogen and oxygen atoms in total. The number of carbonyl (C=O) groups excluding carboxylic acids is 2. The number of carbonyl (C=O) groups is 2. The number of rotatable bonds is 3. The predicted octanol–water partition coefficient (Wildman–Crippen LogP) is 1.61. The summed E-state index contributed by atoms with van der Waals surface area (Å²) in [5, 5.41) is 0.896. The molecule has 1 fully saturated rings. The molecule has 1 saturated heterocycles. The summed E-state index contributed by atoms with van der Waals surface area (Å²) in [6, 6.07) is 0. The van der Waals surface area contributed by atoms with E-state index in [0.717, 1.165) is 10.7 Å². The van der Waals surface area contributed by atoms with Gasteiger partial charge in [0.25, 0.3) is 0 Å². The Labute approximate surface area is 123 Å². The zero-order chi connectivity index (χ0) is 15.1. The molecule has 0 radical (unpaired) electrons. The molecule has 0 aromatic heterocycles. The van der Waals surface area contributed by atoms with Crippen LogP contribution in [0.15, 0.2) is 22.4 Å². The Kier molecular flexibility index (Phi) is 3.86. The summed E-state index contributed by atoms with van der Waals surface area (Å²) in [5.74, 6) is -0.0690. The molecule has 0 atom stereocenters. The first-order valence-electron chi connectivity index (χ1n) is 6.58. The SMILES string of the molecule is CC(C)OC(=O)C1=C2SCC(=CC(N)=O)N2CC1(C)C. The maximum Gasteiger partial charge on any atom is 0.337 e. The molecule has 0 saturated carbocycles. The van der Waals surface area contributed by atoms with Crippen molar-refractivity contribution in [3.63, 3.8) is 0 Å². The molecule has 0 aliphatic carbocycles. The highest BCUT2D eigenvalue weighted by atomic mass is 32.2. The number of primary amides is 1. The lowest BCUT2D eigenvalue weighted by atomic mass is 9.87. The van der Waals surface area contributed by atoms with Gasteiger partial charge < -0.3 is 15.4 Å². The van der Waals surface area contributed by atoms with E-state index in [1.54, 1.807) is 11.8 Å². The van der Waals surface area contributed by atoms with Gasteiger partial charge in [-0.1, -0.05) is 13.8 Å². The van der Waals surface area contributed by atoms with Gasteiger partial charge in [0.05, 0.1) is 16.7 Å². The van der Waals surface area contributed by atoms with Gasteiger partial charge in [0.1, 0.15) is 0 Å². The molecule has 0 aromatic carbocycles. The molecular weight excluding hydrogens is 276 g/mol. The van der Waals surface area contributed by atoms with E-state index in [1.165, 1.54) is 6.08 Å². The fourth-order valence-electron chi connectivity index (χ4n) is 2.49. The Morgan fingerprint density at radius 1 is 1.45 bits per heavy atom. The number of hydrogen-bond donors (Lipinski definition) is 1. The highest BCUT2D eigenvalue weighted by molar-refractivity contribution is 8.03. The van der Waals surface area contributed by atoms with Crippen molar-refractivity contribution in [2.75, 3.05) is 12.3 Å². The van der Waals surface area contributed by atoms with E-state index in [2.05, 4.69) is 0 Å². The van der Waals surface area contributed by atoms with Gasteiger partial charge >= 0.3 is 5.97 Å². The van der Waals surface area contributed by atoms with Crippen molar-refractivity contribution in [2.24, 2.45) is 11.1 Å². The van der Waals surface area contributed by atoms with Crippen LogP contribution in [0.1, 0.15) is 27.7 Å². The van der Waals surface area contributed by atoms with Gasteiger partial charge in [-0.3, -0.25) is 4.79 Å². The fraction of sp³-hybridized carbons (Fsp3) is 0.571. The Morgan fingerprint density at radius 2 is 2.10 bits per heavy atom. The summed E-state index contributed by atoms with van der Waals surface area (Å²) in [5.41, 5.74) is 6.48. The van der Waals surface area contributed by atoms with Gasteiger partial charge in [-0.15, -0.1) is 11.8 Å². The van der Waals surface area contributed by atoms with Crippen LogP contribution in [0.3, 0.4) is 0 Å². The third kappa shape index (κ3) is 2.70. The summed E-state index contributed by atoms with van der Waals surface area (Å²) in [7, 11) is 0. The molecule has 2 rings (SSSR count). The second-order valence-electron chi connectivity index (χ2n) is 5.93. The van der Waals surface area contributed by atoms with E-state index in [9.17, 15) is 9.59 Å². The van der Waals surface area contributed by atoms with Crippen LogP contribution in [-0.4, -0.2) is 35.2 Å². The van der Waals surface area contributed by atoms with Crippen LogP contribution in [0.4, 0.5) is 0 Å². The molecule has 1 amide bonds. The molecule has 2 heterocycles. The maximum absolute atomic E-state index is 12.3. The van der Waals surface area contributed by atoms with E-state index in [4.69, 9.17) is 10.5 Å². The minimum absolute atomic E-state index is 0.146. The molecule has 0 aromatic rings. The van der Waals surface area contributed by atoms with Crippen LogP contribution >= 0.6 is 11.8 Å². The van der Waals surface area contributed by atoms with Gasteiger partial charge in [0.15, 0.2) is 0 Å². The fourth-order valence-corrected chi connectivity index (χ4v) is 3.86. The molecule has 110 valence electrons. The standard InChI is InChI=1S/C14H20N2O3S/c1-8(2)19-13(18)11-12-16(7-14(11,3)4)9(6-20-12)5-10(15)17/h5,8H,6-7H2,1-4H3,(H2,15,17). The van der Waals surface area contributed by atoms with E-state index < -0.39 is 5.91 Å². The van der Waals surface area contributed by atoms with E-state index in [0.29, 0.717) is 17.9 Å². The van der Waals surface area contributed by atoms with Crippen LogP contribution in [0, 0.1) is 5.41 Å². The van der Waals surface area contributed by atoms with E-state index in [1.807, 2.05) is 32.6 Å². The van der Waals surface area contributed by atoms with Gasteiger partial charge in [0.2, 0.25) is 5.91 Å². The Balaban J connectivity index is 2.36. The summed E-state index contributed by atoms with van der Waals surface area (Å²) >= 11 is 1.56. The topological polar surface area (TPSA) is 72.6 Å². The second kappa shape index (κ2) is 5.16. The highest BCUT2D eigenvalue weighted by Gasteiger charge is 2.46. The molecule has 2 N–H and O–H groups in total. The quantitative estimate of drug-likeness (QED) is 0.633. The highest BCUT2D eigenvalue weighted by Crippen LogP contribution is 2.50. The van der Waals surface area contributed by atoms with Crippen molar-refractivity contribution in [1.29, 1.82) is 0 Å². The van der Waals surface area contributed by atoms with Crippen molar-refractivity contribution in [3.8, 4) is 0 Å². The van der Waals surface area contributed by atoms with Crippen LogP contribution in [0.5, 0.6) is 0 Å². The zero-order valence-corrected chi connectivity index (χ0v) is 13.0. The largest absolute Gasteiger partial charge is 0.460 e. The number of thioether (sulfide) groups is 1. The first-order valence-corrected chi connectivity index (χ1v) is 7.57. The lowest BCUT2D eigenvalue weighted by Gasteiger charge is -2.23. The molecule has 0 bridgehead atoms. The first-order chi connectivity index (χ1) is 9.22. The number of hydrogen-bond acceptors (Lipinski definition) is 5. The number of esters is 1. The zero-order valence-electron chi connectivity index (χ0n) is 12.2. The van der Waals surface area contributed by atoms with Crippen molar-refractivity contribution in [3.05, 3.63) is 22.4 Å². The molecule has 2 aliphatic heterocycles. The van der Waals surface area contributed by atoms with Gasteiger partial charge in [0, 0.05) is 29.5 Å². The first kappa shape index (κ1) is 15.0. The molecule has 6 heteroatoms. The number of fused-ring (bicyclic) bond motifs is 1. The monoisotopic (exact) mass is 296 g/mol. The average molecular weight is 296 g/mol. The van der Waals surface area contributed by atoms with Crippen molar-refractivity contribution < 1.29 is 14.3 Å². The molecule has 0 spiro atoms. The van der Waals surface area contributed by atoms with Crippen LogP contribution in [-0.2, 0) is 14.3 Å². The molecular formula is C14H20N2O3S. The number of nitrogens with two attached hydrogens (primary N) is 1. The van der Waals surface area contributed by atoms with E-state index >= 15 is 0 Å². The van der Waals surface area contributed by atoms with Gasteiger partial charge in [-0.25, -0.2) is 4.79 Å². The molecule has 0 unspecified atom stereocenters. The summed E-state index contributed by atoms with van der Waals surface area (Å²) in [6.07, 6.45) is 1.29. The van der Waals surface area contributed by atoms with Gasteiger partial charge in [-0.05, 0) is 13.8 Å². The minimum Gasteiger partial charge on any atom is -0.460 e. The number of ether oxygens (including phenoxy) is 1. The third-order valence-electron chi connectivity index (χ3n) is 3.25. The lowest BCUT2D eigenvalue weighted by molar-refractivity contribution is -0.143. The smallest absolute Gasteiger partial charge is 0.337 e. The Bertz CT molecular complexity index is 521. The number of nitrogens with zero attached hydrogens (tertiary/aromatic N) is 1. The van der Waals surface area contributed by atoms with Gasteiger partial charge in [-0.2, -0.15) is 0 Å².